The average Bonchev–Trinajstić information content (AvgIpc) is 2.40. The molecule has 0 bridgehead atoms. The highest BCUT2D eigenvalue weighted by molar-refractivity contribution is 9.10. The minimum atomic E-state index is -0.889. The van der Waals surface area contributed by atoms with Crippen molar-refractivity contribution in [1.29, 1.82) is 0 Å². The number of nitrogens with zero attached hydrogens (tertiary/aromatic N) is 1. The molecule has 1 N–H and O–H groups in total. The summed E-state index contributed by atoms with van der Waals surface area (Å²) in [4.78, 5) is 13.0. The fraction of sp³-hybridized carbons (Fsp3) is 0.462. The first-order chi connectivity index (χ1) is 9.08. The Kier molecular flexibility index (Phi) is 4.90. The Morgan fingerprint density at radius 3 is 2.74 bits per heavy atom. The van der Waals surface area contributed by atoms with Crippen molar-refractivity contribution in [3.63, 3.8) is 0 Å². The van der Waals surface area contributed by atoms with E-state index < -0.39 is 5.97 Å². The largest absolute Gasteiger partial charge is 0.481 e. The Hall–Kier alpha value is -0.980. The highest BCUT2D eigenvalue weighted by Gasteiger charge is 2.25. The van der Waals surface area contributed by atoms with Crippen molar-refractivity contribution in [2.75, 3.05) is 26.3 Å². The minimum Gasteiger partial charge on any atom is -0.481 e. The SMILES string of the molecule is O=C(O)CC(c1ccc(Br)c(F)c1)N1CCOCC1. The number of morpholine rings is 1. The fourth-order valence-corrected chi connectivity index (χ4v) is 2.48. The standard InChI is InChI=1S/C13H15BrFNO3/c14-10-2-1-9(7-11(10)15)12(8-13(17)18)16-3-5-19-6-4-16/h1-2,7,12H,3-6,8H2,(H,17,18). The Morgan fingerprint density at radius 2 is 2.16 bits per heavy atom. The zero-order chi connectivity index (χ0) is 13.8. The van der Waals surface area contributed by atoms with Crippen LogP contribution in [0, 0.1) is 5.82 Å². The first-order valence-electron chi connectivity index (χ1n) is 6.06. The zero-order valence-electron chi connectivity index (χ0n) is 10.3. The summed E-state index contributed by atoms with van der Waals surface area (Å²) in [5, 5.41) is 9.04. The molecule has 1 fully saturated rings. The molecule has 1 aliphatic rings. The lowest BCUT2D eigenvalue weighted by Gasteiger charge is -2.34. The van der Waals surface area contributed by atoms with E-state index in [1.54, 1.807) is 12.1 Å². The van der Waals surface area contributed by atoms with E-state index in [4.69, 9.17) is 9.84 Å². The quantitative estimate of drug-likeness (QED) is 0.920. The van der Waals surface area contributed by atoms with Gasteiger partial charge in [-0.3, -0.25) is 9.69 Å². The van der Waals surface area contributed by atoms with Crippen LogP contribution >= 0.6 is 15.9 Å². The van der Waals surface area contributed by atoms with Gasteiger partial charge >= 0.3 is 5.97 Å². The fourth-order valence-electron chi connectivity index (χ4n) is 2.23. The van der Waals surface area contributed by atoms with Crippen molar-refractivity contribution in [3.8, 4) is 0 Å². The van der Waals surface area contributed by atoms with Gasteiger partial charge in [0.2, 0.25) is 0 Å². The minimum absolute atomic E-state index is 0.0406. The van der Waals surface area contributed by atoms with Gasteiger partial charge in [0.25, 0.3) is 0 Å². The third-order valence-electron chi connectivity index (χ3n) is 3.18. The van der Waals surface area contributed by atoms with Crippen molar-refractivity contribution in [3.05, 3.63) is 34.1 Å². The average molecular weight is 332 g/mol. The number of ether oxygens (including phenoxy) is 1. The monoisotopic (exact) mass is 331 g/mol. The molecule has 1 heterocycles. The third-order valence-corrected chi connectivity index (χ3v) is 3.83. The summed E-state index contributed by atoms with van der Waals surface area (Å²) >= 11 is 3.10. The van der Waals surface area contributed by atoms with Crippen LogP contribution in [0.15, 0.2) is 22.7 Å². The summed E-state index contributed by atoms with van der Waals surface area (Å²) in [5.74, 6) is -1.26. The van der Waals surface area contributed by atoms with E-state index in [9.17, 15) is 9.18 Å². The Bertz CT molecular complexity index is 463. The molecule has 1 aliphatic heterocycles. The lowest BCUT2D eigenvalue weighted by atomic mass is 10.0. The molecule has 6 heteroatoms. The third kappa shape index (κ3) is 3.75. The van der Waals surface area contributed by atoms with Gasteiger partial charge in [0.15, 0.2) is 0 Å². The van der Waals surface area contributed by atoms with Gasteiger partial charge in [-0.05, 0) is 33.6 Å². The Labute approximate surface area is 119 Å². The van der Waals surface area contributed by atoms with E-state index in [0.717, 1.165) is 0 Å². The number of hydrogen-bond donors (Lipinski definition) is 1. The van der Waals surface area contributed by atoms with Gasteiger partial charge in [-0.1, -0.05) is 6.07 Å². The summed E-state index contributed by atoms with van der Waals surface area (Å²) < 4.78 is 19.3. The highest BCUT2D eigenvalue weighted by atomic mass is 79.9. The second-order valence-corrected chi connectivity index (χ2v) is 5.29. The van der Waals surface area contributed by atoms with Crippen LogP contribution in [0.1, 0.15) is 18.0 Å². The Morgan fingerprint density at radius 1 is 1.47 bits per heavy atom. The molecule has 4 nitrogen and oxygen atoms in total. The summed E-state index contributed by atoms with van der Waals surface area (Å²) in [6.45, 7) is 2.48. The van der Waals surface area contributed by atoms with Crippen LogP contribution in [0.2, 0.25) is 0 Å². The topological polar surface area (TPSA) is 49.8 Å². The number of benzene rings is 1. The van der Waals surface area contributed by atoms with E-state index in [0.29, 0.717) is 36.3 Å². The predicted molar refractivity (Wildman–Crippen MR) is 71.5 cm³/mol. The molecule has 1 unspecified atom stereocenters. The van der Waals surface area contributed by atoms with Gasteiger partial charge in [0.05, 0.1) is 24.1 Å². The number of carbonyl (C=O) groups is 1. The molecule has 1 atom stereocenters. The summed E-state index contributed by atoms with van der Waals surface area (Å²) in [5.41, 5.74) is 0.685. The number of rotatable bonds is 4. The molecular weight excluding hydrogens is 317 g/mol. The van der Waals surface area contributed by atoms with Crippen LogP contribution in [-0.2, 0) is 9.53 Å². The molecule has 0 spiro atoms. The zero-order valence-corrected chi connectivity index (χ0v) is 11.9. The van der Waals surface area contributed by atoms with Crippen molar-refractivity contribution in [1.82, 2.24) is 4.90 Å². The lowest BCUT2D eigenvalue weighted by molar-refractivity contribution is -0.139. The molecule has 104 valence electrons. The van der Waals surface area contributed by atoms with Gasteiger partial charge in [-0.2, -0.15) is 0 Å². The van der Waals surface area contributed by atoms with Crippen molar-refractivity contribution < 1.29 is 19.0 Å². The first-order valence-corrected chi connectivity index (χ1v) is 6.86. The van der Waals surface area contributed by atoms with Crippen LogP contribution in [-0.4, -0.2) is 42.3 Å². The van der Waals surface area contributed by atoms with Crippen LogP contribution in [0.5, 0.6) is 0 Å². The molecule has 1 saturated heterocycles. The van der Waals surface area contributed by atoms with Crippen molar-refractivity contribution >= 4 is 21.9 Å². The molecule has 1 aromatic rings. The Balaban J connectivity index is 2.24. The molecule has 1 aromatic carbocycles. The van der Waals surface area contributed by atoms with E-state index in [2.05, 4.69) is 15.9 Å². The van der Waals surface area contributed by atoms with Crippen LogP contribution in [0.4, 0.5) is 4.39 Å². The van der Waals surface area contributed by atoms with E-state index in [1.807, 2.05) is 4.90 Å². The summed E-state index contributed by atoms with van der Waals surface area (Å²) in [6, 6.07) is 4.45. The van der Waals surface area contributed by atoms with Crippen molar-refractivity contribution in [2.45, 2.75) is 12.5 Å². The molecule has 0 radical (unpaired) electrons. The molecular formula is C13H15BrFNO3. The predicted octanol–water partition coefficient (Wildman–Crippen LogP) is 2.44. The second kappa shape index (κ2) is 6.45. The summed E-state index contributed by atoms with van der Waals surface area (Å²) in [6.07, 6.45) is -0.0406. The van der Waals surface area contributed by atoms with Gasteiger partial charge in [0, 0.05) is 19.1 Å². The smallest absolute Gasteiger partial charge is 0.305 e. The van der Waals surface area contributed by atoms with Crippen LogP contribution in [0.3, 0.4) is 0 Å². The number of carboxylic acid groups (broad SMARTS) is 1. The first kappa shape index (κ1) is 14.4. The number of aliphatic carboxylic acids is 1. The molecule has 0 aliphatic carbocycles. The maximum Gasteiger partial charge on any atom is 0.305 e. The maximum absolute atomic E-state index is 13.6. The number of carboxylic acids is 1. The van der Waals surface area contributed by atoms with Crippen molar-refractivity contribution in [2.24, 2.45) is 0 Å². The van der Waals surface area contributed by atoms with Gasteiger partial charge in [-0.25, -0.2) is 4.39 Å². The van der Waals surface area contributed by atoms with Gasteiger partial charge in [0.1, 0.15) is 5.82 Å². The number of halogens is 2. The highest BCUT2D eigenvalue weighted by Crippen LogP contribution is 2.28. The van der Waals surface area contributed by atoms with Gasteiger partial charge in [-0.15, -0.1) is 0 Å². The molecule has 0 aromatic heterocycles. The summed E-state index contributed by atoms with van der Waals surface area (Å²) in [7, 11) is 0. The second-order valence-electron chi connectivity index (χ2n) is 4.44. The van der Waals surface area contributed by atoms with Crippen LogP contribution < -0.4 is 0 Å². The van der Waals surface area contributed by atoms with Gasteiger partial charge < -0.3 is 9.84 Å². The van der Waals surface area contributed by atoms with E-state index in [1.165, 1.54) is 6.07 Å². The normalized spacial score (nSPS) is 18.2. The number of hydrogen-bond acceptors (Lipinski definition) is 3. The lowest BCUT2D eigenvalue weighted by Crippen LogP contribution is -2.39. The van der Waals surface area contributed by atoms with E-state index in [-0.39, 0.29) is 18.3 Å². The molecule has 19 heavy (non-hydrogen) atoms. The molecule has 0 saturated carbocycles. The molecule has 0 amide bonds. The van der Waals surface area contributed by atoms with E-state index >= 15 is 0 Å². The van der Waals surface area contributed by atoms with Crippen LogP contribution in [0.25, 0.3) is 0 Å². The molecule has 2 rings (SSSR count). The maximum atomic E-state index is 13.6.